The maximum absolute atomic E-state index is 11.2. The third-order valence-electron chi connectivity index (χ3n) is 7.94. The van der Waals surface area contributed by atoms with Gasteiger partial charge in [0.1, 0.15) is 11.5 Å². The SMILES string of the molecule is CC(=O)O.CC(=O)O.CC1(C)CNCc2cc(C(C)(C)C)cc(c2O)CNCC(C)(C)CNCc2cc(C(C)(C)C)cc(c2O)CNC1.[Ni+2].[Ni+2]. The first-order valence-electron chi connectivity index (χ1n) is 16.8. The largest absolute Gasteiger partial charge is 2.00 e. The van der Waals surface area contributed by atoms with Gasteiger partial charge in [-0.05, 0) is 32.8 Å². The number of fused-ring (bicyclic) bond motifs is 4. The fraction of sp³-hybridized carbons (Fsp3) is 0.632. The van der Waals surface area contributed by atoms with Crippen molar-refractivity contribution >= 4 is 11.9 Å². The number of carboxylic acids is 2. The topological polar surface area (TPSA) is 163 Å². The summed E-state index contributed by atoms with van der Waals surface area (Å²) in [6, 6.07) is 8.61. The molecule has 0 atom stereocenters. The van der Waals surface area contributed by atoms with Gasteiger partial charge in [-0.2, -0.15) is 0 Å². The van der Waals surface area contributed by atoms with E-state index in [9.17, 15) is 10.2 Å². The van der Waals surface area contributed by atoms with E-state index in [1.54, 1.807) is 0 Å². The van der Waals surface area contributed by atoms with Gasteiger partial charge in [-0.25, -0.2) is 0 Å². The van der Waals surface area contributed by atoms with Crippen molar-refractivity contribution in [3.05, 3.63) is 57.6 Å². The molecule has 2 aromatic rings. The fourth-order valence-corrected chi connectivity index (χ4v) is 5.19. The number of phenolic OH excluding ortho intramolecular Hbond substituents is 2. The molecule has 0 amide bonds. The van der Waals surface area contributed by atoms with Crippen LogP contribution in [0.2, 0.25) is 0 Å². The Bertz CT molecular complexity index is 1190. The van der Waals surface area contributed by atoms with Gasteiger partial charge in [0, 0.05) is 88.5 Å². The number of rotatable bonds is 0. The molecule has 288 valence electrons. The molecule has 12 heteroatoms. The summed E-state index contributed by atoms with van der Waals surface area (Å²) in [6.07, 6.45) is 0. The summed E-state index contributed by atoms with van der Waals surface area (Å²) >= 11 is 0. The zero-order valence-electron chi connectivity index (χ0n) is 32.2. The minimum Gasteiger partial charge on any atom is -0.507 e. The molecule has 1 aliphatic heterocycles. The van der Waals surface area contributed by atoms with E-state index >= 15 is 0 Å². The number of hydrogen-bond acceptors (Lipinski definition) is 8. The summed E-state index contributed by atoms with van der Waals surface area (Å²) in [7, 11) is 0. The van der Waals surface area contributed by atoms with Gasteiger partial charge >= 0.3 is 33.0 Å². The molecular weight excluding hydrogens is 726 g/mol. The number of carboxylic acid groups (broad SMARTS) is 2. The van der Waals surface area contributed by atoms with E-state index in [1.165, 1.54) is 11.1 Å². The van der Waals surface area contributed by atoms with Crippen LogP contribution in [0.4, 0.5) is 0 Å². The minimum absolute atomic E-state index is 0. The van der Waals surface area contributed by atoms with Crippen molar-refractivity contribution in [1.29, 1.82) is 0 Å². The molecule has 0 spiro atoms. The van der Waals surface area contributed by atoms with Crippen LogP contribution in [0.5, 0.6) is 11.5 Å². The number of hydrogen-bond donors (Lipinski definition) is 8. The van der Waals surface area contributed by atoms with E-state index in [1.807, 2.05) is 0 Å². The zero-order chi connectivity index (χ0) is 37.1. The van der Waals surface area contributed by atoms with Gasteiger partial charge in [0.15, 0.2) is 0 Å². The quantitative estimate of drug-likeness (QED) is 0.149. The average molecular weight is 790 g/mol. The van der Waals surface area contributed by atoms with Crippen molar-refractivity contribution in [2.75, 3.05) is 26.2 Å². The van der Waals surface area contributed by atoms with Crippen LogP contribution >= 0.6 is 0 Å². The molecule has 0 radical (unpaired) electrons. The second-order valence-electron chi connectivity index (χ2n) is 16.6. The third-order valence-corrected chi connectivity index (χ3v) is 7.94. The Balaban J connectivity index is 0. The van der Waals surface area contributed by atoms with Crippen LogP contribution in [0.1, 0.15) is 116 Å². The second kappa shape index (κ2) is 21.4. The predicted octanol–water partition coefficient (Wildman–Crippen LogP) is 5.99. The van der Waals surface area contributed by atoms with E-state index in [0.717, 1.165) is 62.3 Å². The van der Waals surface area contributed by atoms with Crippen LogP contribution in [0.3, 0.4) is 0 Å². The molecule has 3 rings (SSSR count). The van der Waals surface area contributed by atoms with Crippen LogP contribution in [-0.4, -0.2) is 58.5 Å². The van der Waals surface area contributed by atoms with Gasteiger partial charge < -0.3 is 41.7 Å². The van der Waals surface area contributed by atoms with Crippen molar-refractivity contribution in [3.63, 3.8) is 0 Å². The Morgan fingerprint density at radius 1 is 0.540 bits per heavy atom. The molecular formula is C38H64N4Ni2O6+4. The minimum atomic E-state index is -0.833. The molecule has 0 saturated heterocycles. The van der Waals surface area contributed by atoms with Crippen LogP contribution in [-0.2, 0) is 79.6 Å². The van der Waals surface area contributed by atoms with Gasteiger partial charge in [0.05, 0.1) is 0 Å². The van der Waals surface area contributed by atoms with Crippen LogP contribution in [0.25, 0.3) is 0 Å². The molecule has 1 aliphatic rings. The van der Waals surface area contributed by atoms with Crippen molar-refractivity contribution < 1.29 is 63.0 Å². The number of nitrogens with one attached hydrogen (secondary N) is 4. The number of aromatic hydroxyl groups is 2. The van der Waals surface area contributed by atoms with Gasteiger partial charge in [-0.1, -0.05) is 93.5 Å². The second-order valence-corrected chi connectivity index (χ2v) is 16.6. The van der Waals surface area contributed by atoms with Gasteiger partial charge in [0.25, 0.3) is 11.9 Å². The fourth-order valence-electron chi connectivity index (χ4n) is 5.19. The molecule has 1 heterocycles. The van der Waals surface area contributed by atoms with E-state index in [0.29, 0.717) is 37.7 Å². The first kappa shape index (κ1) is 49.9. The molecule has 0 aromatic heterocycles. The average Bonchev–Trinajstić information content (AvgIpc) is 2.89. The van der Waals surface area contributed by atoms with Crippen LogP contribution in [0.15, 0.2) is 24.3 Å². The molecule has 0 unspecified atom stereocenters. The number of aliphatic carboxylic acids is 2. The number of phenols is 2. The Morgan fingerprint density at radius 2 is 0.720 bits per heavy atom. The Morgan fingerprint density at radius 3 is 0.880 bits per heavy atom. The molecule has 4 bridgehead atoms. The van der Waals surface area contributed by atoms with Gasteiger partial charge in [-0.3, -0.25) is 9.59 Å². The summed E-state index contributed by atoms with van der Waals surface area (Å²) in [5.41, 5.74) is 6.19. The van der Waals surface area contributed by atoms with Gasteiger partial charge in [-0.15, -0.1) is 0 Å². The van der Waals surface area contributed by atoms with Crippen LogP contribution < -0.4 is 21.3 Å². The van der Waals surface area contributed by atoms with E-state index < -0.39 is 11.9 Å². The Hall–Kier alpha value is -2.19. The zero-order valence-corrected chi connectivity index (χ0v) is 34.2. The van der Waals surface area contributed by atoms with Gasteiger partial charge in [0.2, 0.25) is 0 Å². The predicted molar refractivity (Wildman–Crippen MR) is 195 cm³/mol. The van der Waals surface area contributed by atoms with E-state index in [4.69, 9.17) is 19.8 Å². The summed E-state index contributed by atoms with van der Waals surface area (Å²) in [4.78, 5) is 18.0. The number of carbonyl (C=O) groups is 2. The summed E-state index contributed by atoms with van der Waals surface area (Å²) in [6.45, 7) is 30.1. The summed E-state index contributed by atoms with van der Waals surface area (Å²) in [5, 5.41) is 51.7. The molecule has 0 fully saturated rings. The molecule has 10 nitrogen and oxygen atoms in total. The molecule has 0 saturated carbocycles. The van der Waals surface area contributed by atoms with Crippen LogP contribution in [0, 0.1) is 10.8 Å². The maximum atomic E-state index is 11.2. The standard InChI is InChI=1S/C34H56N4O2.2C2H4O2.2Ni/c1-31(2,3)27-11-23-15-35-19-33(7,8)21-37-17-25-13-28(32(4,5)6)14-26(30(25)40)18-38-22-34(9,10)20-36-16-24(12-27)29(23)39;2*1-2(3)4;;/h11-14,35-40H,15-22H2,1-10H3;2*1H3,(H,3,4);;/q;;;2*+2. The molecule has 50 heavy (non-hydrogen) atoms. The van der Waals surface area contributed by atoms with Crippen molar-refractivity contribution in [3.8, 4) is 11.5 Å². The van der Waals surface area contributed by atoms with Crippen molar-refractivity contribution in [1.82, 2.24) is 21.3 Å². The Kier molecular flexibility index (Phi) is 21.3. The Labute approximate surface area is 321 Å². The first-order chi connectivity index (χ1) is 21.8. The third kappa shape index (κ3) is 18.9. The van der Waals surface area contributed by atoms with E-state index in [2.05, 4.69) is 115 Å². The van der Waals surface area contributed by atoms with Crippen molar-refractivity contribution in [2.45, 2.75) is 120 Å². The molecule has 0 aliphatic carbocycles. The monoisotopic (exact) mass is 788 g/mol. The molecule has 2 aromatic carbocycles. The summed E-state index contributed by atoms with van der Waals surface area (Å²) < 4.78 is 0. The van der Waals surface area contributed by atoms with E-state index in [-0.39, 0.29) is 54.6 Å². The normalized spacial score (nSPS) is 16.7. The molecule has 8 N–H and O–H groups in total. The van der Waals surface area contributed by atoms with Crippen molar-refractivity contribution in [2.24, 2.45) is 10.8 Å². The first-order valence-corrected chi connectivity index (χ1v) is 16.8. The maximum Gasteiger partial charge on any atom is 2.00 e. The smallest absolute Gasteiger partial charge is 0.507 e. The number of benzene rings is 2. The summed E-state index contributed by atoms with van der Waals surface area (Å²) in [5.74, 6) is -0.893.